The van der Waals surface area contributed by atoms with Gasteiger partial charge in [-0.05, 0) is 30.7 Å². The standard InChI is InChI=1S/C15H15NO2/c1-12-4-6-13(7-5-12)11-16-15(17)9-8-14-3-2-10-18-14/h2-10H,11H2,1H3,(H,16,17). The highest BCUT2D eigenvalue weighted by Crippen LogP contribution is 2.03. The Kier molecular flexibility index (Phi) is 3.97. The van der Waals surface area contributed by atoms with Crippen LogP contribution >= 0.6 is 0 Å². The summed E-state index contributed by atoms with van der Waals surface area (Å²) in [5.74, 6) is 0.535. The summed E-state index contributed by atoms with van der Waals surface area (Å²) >= 11 is 0. The number of nitrogens with one attached hydrogen (secondary N) is 1. The average Bonchev–Trinajstić information content (AvgIpc) is 2.89. The van der Waals surface area contributed by atoms with E-state index in [1.165, 1.54) is 11.6 Å². The molecule has 3 heteroatoms. The Balaban J connectivity index is 1.83. The van der Waals surface area contributed by atoms with Crippen molar-refractivity contribution in [3.05, 3.63) is 65.6 Å². The Hall–Kier alpha value is -2.29. The third-order valence-corrected chi connectivity index (χ3v) is 2.53. The smallest absolute Gasteiger partial charge is 0.244 e. The lowest BCUT2D eigenvalue weighted by atomic mass is 10.1. The maximum Gasteiger partial charge on any atom is 0.244 e. The van der Waals surface area contributed by atoms with Crippen LogP contribution in [-0.2, 0) is 11.3 Å². The van der Waals surface area contributed by atoms with Crippen LogP contribution in [0.25, 0.3) is 6.08 Å². The van der Waals surface area contributed by atoms with Crippen molar-refractivity contribution in [1.82, 2.24) is 5.32 Å². The van der Waals surface area contributed by atoms with Crippen molar-refractivity contribution in [2.24, 2.45) is 0 Å². The molecule has 0 bridgehead atoms. The van der Waals surface area contributed by atoms with Gasteiger partial charge < -0.3 is 9.73 Å². The van der Waals surface area contributed by atoms with Crippen molar-refractivity contribution >= 4 is 12.0 Å². The number of amides is 1. The quantitative estimate of drug-likeness (QED) is 0.836. The molecule has 2 rings (SSSR count). The van der Waals surface area contributed by atoms with Gasteiger partial charge in [-0.3, -0.25) is 4.79 Å². The predicted molar refractivity (Wildman–Crippen MR) is 70.8 cm³/mol. The van der Waals surface area contributed by atoms with E-state index in [1.54, 1.807) is 24.5 Å². The molecule has 0 aliphatic carbocycles. The van der Waals surface area contributed by atoms with Gasteiger partial charge in [-0.2, -0.15) is 0 Å². The lowest BCUT2D eigenvalue weighted by Crippen LogP contribution is -2.20. The van der Waals surface area contributed by atoms with Crippen LogP contribution in [0.3, 0.4) is 0 Å². The molecule has 1 N–H and O–H groups in total. The first-order valence-corrected chi connectivity index (χ1v) is 5.79. The fourth-order valence-electron chi connectivity index (χ4n) is 1.50. The van der Waals surface area contributed by atoms with Crippen molar-refractivity contribution in [3.63, 3.8) is 0 Å². The molecule has 0 unspecified atom stereocenters. The number of furan rings is 1. The van der Waals surface area contributed by atoms with E-state index in [9.17, 15) is 4.79 Å². The van der Waals surface area contributed by atoms with Crippen LogP contribution in [0.4, 0.5) is 0 Å². The minimum atomic E-state index is -0.132. The maximum atomic E-state index is 11.5. The number of carbonyl (C=O) groups is 1. The first-order valence-electron chi connectivity index (χ1n) is 5.79. The second-order valence-corrected chi connectivity index (χ2v) is 4.05. The molecule has 0 aliphatic rings. The number of aryl methyl sites for hydroxylation is 1. The fourth-order valence-corrected chi connectivity index (χ4v) is 1.50. The van der Waals surface area contributed by atoms with Crippen molar-refractivity contribution in [2.45, 2.75) is 13.5 Å². The third-order valence-electron chi connectivity index (χ3n) is 2.53. The number of carbonyl (C=O) groups excluding carboxylic acids is 1. The summed E-state index contributed by atoms with van der Waals surface area (Å²) < 4.78 is 5.09. The zero-order valence-corrected chi connectivity index (χ0v) is 10.2. The molecule has 2 aromatic rings. The molecule has 1 aromatic heterocycles. The van der Waals surface area contributed by atoms with Gasteiger partial charge in [-0.1, -0.05) is 29.8 Å². The van der Waals surface area contributed by atoms with Gasteiger partial charge in [0, 0.05) is 12.6 Å². The number of hydrogen-bond acceptors (Lipinski definition) is 2. The second kappa shape index (κ2) is 5.87. The van der Waals surface area contributed by atoms with E-state index in [2.05, 4.69) is 5.32 Å². The number of rotatable bonds is 4. The van der Waals surface area contributed by atoms with E-state index in [0.717, 1.165) is 5.56 Å². The van der Waals surface area contributed by atoms with Crippen molar-refractivity contribution < 1.29 is 9.21 Å². The van der Waals surface area contributed by atoms with Crippen LogP contribution < -0.4 is 5.32 Å². The molecular formula is C15H15NO2. The second-order valence-electron chi connectivity index (χ2n) is 4.05. The Morgan fingerprint density at radius 2 is 2.06 bits per heavy atom. The molecule has 92 valence electrons. The minimum Gasteiger partial charge on any atom is -0.465 e. The van der Waals surface area contributed by atoms with Crippen LogP contribution in [-0.4, -0.2) is 5.91 Å². The van der Waals surface area contributed by atoms with Gasteiger partial charge in [0.25, 0.3) is 0 Å². The molecule has 0 spiro atoms. The molecule has 1 amide bonds. The first-order chi connectivity index (χ1) is 8.74. The molecule has 3 nitrogen and oxygen atoms in total. The summed E-state index contributed by atoms with van der Waals surface area (Å²) in [5, 5.41) is 2.81. The largest absolute Gasteiger partial charge is 0.465 e. The SMILES string of the molecule is Cc1ccc(CNC(=O)C=Cc2ccco2)cc1. The summed E-state index contributed by atoms with van der Waals surface area (Å²) in [7, 11) is 0. The molecule has 1 aromatic carbocycles. The molecule has 0 saturated carbocycles. The van der Waals surface area contributed by atoms with Crippen LogP contribution in [0.5, 0.6) is 0 Å². The third kappa shape index (κ3) is 3.63. The zero-order chi connectivity index (χ0) is 12.8. The van der Waals surface area contributed by atoms with Gasteiger partial charge in [0.2, 0.25) is 5.91 Å². The minimum absolute atomic E-state index is 0.132. The molecule has 18 heavy (non-hydrogen) atoms. The zero-order valence-electron chi connectivity index (χ0n) is 10.2. The van der Waals surface area contributed by atoms with Gasteiger partial charge in [0.1, 0.15) is 5.76 Å². The van der Waals surface area contributed by atoms with Crippen LogP contribution in [0, 0.1) is 6.92 Å². The molecule has 0 radical (unpaired) electrons. The molecule has 0 atom stereocenters. The lowest BCUT2D eigenvalue weighted by molar-refractivity contribution is -0.116. The monoisotopic (exact) mass is 241 g/mol. The van der Waals surface area contributed by atoms with Crippen LogP contribution in [0.1, 0.15) is 16.9 Å². The van der Waals surface area contributed by atoms with Crippen molar-refractivity contribution in [1.29, 1.82) is 0 Å². The Morgan fingerprint density at radius 1 is 1.28 bits per heavy atom. The molecule has 0 aliphatic heterocycles. The first kappa shape index (κ1) is 12.2. The van der Waals surface area contributed by atoms with Gasteiger partial charge in [-0.25, -0.2) is 0 Å². The highest BCUT2D eigenvalue weighted by atomic mass is 16.3. The lowest BCUT2D eigenvalue weighted by Gasteiger charge is -2.02. The predicted octanol–water partition coefficient (Wildman–Crippen LogP) is 2.92. The van der Waals surface area contributed by atoms with Crippen molar-refractivity contribution in [2.75, 3.05) is 0 Å². The van der Waals surface area contributed by atoms with Gasteiger partial charge in [0.05, 0.1) is 6.26 Å². The number of benzene rings is 1. The maximum absolute atomic E-state index is 11.5. The molecule has 0 saturated heterocycles. The van der Waals surface area contributed by atoms with E-state index in [0.29, 0.717) is 12.3 Å². The Labute approximate surface area is 106 Å². The summed E-state index contributed by atoms with van der Waals surface area (Å²) in [6.45, 7) is 2.57. The van der Waals surface area contributed by atoms with E-state index < -0.39 is 0 Å². The van der Waals surface area contributed by atoms with E-state index in [-0.39, 0.29) is 5.91 Å². The highest BCUT2D eigenvalue weighted by Gasteiger charge is 1.97. The fraction of sp³-hybridized carbons (Fsp3) is 0.133. The number of hydrogen-bond donors (Lipinski definition) is 1. The topological polar surface area (TPSA) is 42.2 Å². The van der Waals surface area contributed by atoms with E-state index in [4.69, 9.17) is 4.42 Å². The molecule has 1 heterocycles. The van der Waals surface area contributed by atoms with E-state index >= 15 is 0 Å². The Bertz CT molecular complexity index is 524. The molecular weight excluding hydrogens is 226 g/mol. The van der Waals surface area contributed by atoms with Gasteiger partial charge in [-0.15, -0.1) is 0 Å². The van der Waals surface area contributed by atoms with Crippen molar-refractivity contribution in [3.8, 4) is 0 Å². The molecule has 0 fully saturated rings. The normalized spacial score (nSPS) is 10.7. The van der Waals surface area contributed by atoms with Gasteiger partial charge >= 0.3 is 0 Å². The summed E-state index contributed by atoms with van der Waals surface area (Å²) in [6, 6.07) is 11.6. The highest BCUT2D eigenvalue weighted by molar-refractivity contribution is 5.91. The Morgan fingerprint density at radius 3 is 2.72 bits per heavy atom. The summed E-state index contributed by atoms with van der Waals surface area (Å²) in [5.41, 5.74) is 2.29. The summed E-state index contributed by atoms with van der Waals surface area (Å²) in [6.07, 6.45) is 4.68. The van der Waals surface area contributed by atoms with Crippen LogP contribution in [0.2, 0.25) is 0 Å². The van der Waals surface area contributed by atoms with E-state index in [1.807, 2.05) is 31.2 Å². The summed E-state index contributed by atoms with van der Waals surface area (Å²) in [4.78, 5) is 11.5. The average molecular weight is 241 g/mol. The van der Waals surface area contributed by atoms with Gasteiger partial charge in [0.15, 0.2) is 0 Å². The van der Waals surface area contributed by atoms with Crippen LogP contribution in [0.15, 0.2) is 53.2 Å².